The van der Waals surface area contributed by atoms with Crippen molar-refractivity contribution in [3.05, 3.63) is 69.1 Å². The summed E-state index contributed by atoms with van der Waals surface area (Å²) in [5.74, 6) is -2.07. The van der Waals surface area contributed by atoms with Crippen molar-refractivity contribution in [2.24, 2.45) is 0 Å². The Kier molecular flexibility index (Phi) is 7.23. The number of methoxy groups -OCH3 is 2. The SMILES string of the molecule is COC(=O)C1=C(C(=O)OC)N(c2cc(C(=O)N3CCOCC3)cc([N+](=O)[O-])c2C)C=CC=C1. The highest BCUT2D eigenvalue weighted by Gasteiger charge is 2.31. The Hall–Kier alpha value is -3.99. The van der Waals surface area contributed by atoms with Crippen molar-refractivity contribution in [2.45, 2.75) is 6.92 Å². The highest BCUT2D eigenvalue weighted by atomic mass is 16.6. The third-order valence-electron chi connectivity index (χ3n) is 5.24. The van der Waals surface area contributed by atoms with Crippen LogP contribution in [0.4, 0.5) is 11.4 Å². The number of hydrogen-bond donors (Lipinski definition) is 0. The molecule has 33 heavy (non-hydrogen) atoms. The Bertz CT molecular complexity index is 1080. The summed E-state index contributed by atoms with van der Waals surface area (Å²) in [5, 5.41) is 11.8. The first kappa shape index (κ1) is 23.7. The number of anilines is 1. The Balaban J connectivity index is 2.23. The van der Waals surface area contributed by atoms with Gasteiger partial charge in [0.05, 0.1) is 49.2 Å². The van der Waals surface area contributed by atoms with E-state index in [9.17, 15) is 24.5 Å². The number of rotatable bonds is 5. The lowest BCUT2D eigenvalue weighted by atomic mass is 10.0. The zero-order chi connectivity index (χ0) is 24.1. The van der Waals surface area contributed by atoms with Crippen molar-refractivity contribution in [1.29, 1.82) is 0 Å². The smallest absolute Gasteiger partial charge is 0.355 e. The number of nitrogens with zero attached hydrogens (tertiary/aromatic N) is 3. The predicted molar refractivity (Wildman–Crippen MR) is 116 cm³/mol. The number of nitro benzene ring substituents is 1. The maximum Gasteiger partial charge on any atom is 0.355 e. The molecule has 1 amide bonds. The summed E-state index contributed by atoms with van der Waals surface area (Å²) in [7, 11) is 2.31. The number of carbonyl (C=O) groups excluding carboxylic acids is 3. The van der Waals surface area contributed by atoms with Crippen molar-refractivity contribution in [3.63, 3.8) is 0 Å². The molecule has 0 unspecified atom stereocenters. The third-order valence-corrected chi connectivity index (χ3v) is 5.24. The molecule has 0 spiro atoms. The molecular formula is C22H23N3O8. The number of morpholine rings is 1. The lowest BCUT2D eigenvalue weighted by molar-refractivity contribution is -0.385. The number of ether oxygens (including phenoxy) is 3. The first-order valence-corrected chi connectivity index (χ1v) is 10.0. The summed E-state index contributed by atoms with van der Waals surface area (Å²) >= 11 is 0. The van der Waals surface area contributed by atoms with Gasteiger partial charge >= 0.3 is 11.9 Å². The van der Waals surface area contributed by atoms with E-state index in [0.717, 1.165) is 7.11 Å². The van der Waals surface area contributed by atoms with Gasteiger partial charge in [-0.25, -0.2) is 9.59 Å². The van der Waals surface area contributed by atoms with Gasteiger partial charge in [-0.1, -0.05) is 6.08 Å². The van der Waals surface area contributed by atoms with Gasteiger partial charge in [0.1, 0.15) is 5.70 Å². The average Bonchev–Trinajstić information content (AvgIpc) is 3.06. The molecule has 2 heterocycles. The normalized spacial score (nSPS) is 15.8. The van der Waals surface area contributed by atoms with E-state index >= 15 is 0 Å². The lowest BCUT2D eigenvalue weighted by Gasteiger charge is -2.28. The maximum atomic E-state index is 13.1. The second kappa shape index (κ2) is 10.1. The van der Waals surface area contributed by atoms with E-state index in [1.165, 1.54) is 49.4 Å². The van der Waals surface area contributed by atoms with Crippen molar-refractivity contribution < 1.29 is 33.5 Å². The van der Waals surface area contributed by atoms with Gasteiger partial charge < -0.3 is 24.0 Å². The molecular weight excluding hydrogens is 434 g/mol. The molecule has 0 saturated carbocycles. The van der Waals surface area contributed by atoms with Crippen LogP contribution in [0, 0.1) is 17.0 Å². The van der Waals surface area contributed by atoms with Gasteiger partial charge in [0.2, 0.25) is 0 Å². The van der Waals surface area contributed by atoms with Crippen LogP contribution in [0.3, 0.4) is 0 Å². The molecule has 3 rings (SSSR count). The predicted octanol–water partition coefficient (Wildman–Crippen LogP) is 1.87. The fourth-order valence-corrected chi connectivity index (χ4v) is 3.55. The molecule has 11 nitrogen and oxygen atoms in total. The molecule has 11 heteroatoms. The monoisotopic (exact) mass is 457 g/mol. The Morgan fingerprint density at radius 2 is 1.73 bits per heavy atom. The molecule has 1 saturated heterocycles. The third kappa shape index (κ3) is 4.77. The van der Waals surface area contributed by atoms with Crippen LogP contribution in [-0.2, 0) is 23.8 Å². The summed E-state index contributed by atoms with van der Waals surface area (Å²) < 4.78 is 14.9. The van der Waals surface area contributed by atoms with Crippen LogP contribution in [0.5, 0.6) is 0 Å². The first-order chi connectivity index (χ1) is 15.8. The number of nitro groups is 1. The van der Waals surface area contributed by atoms with Gasteiger partial charge in [-0.15, -0.1) is 0 Å². The molecule has 2 aliphatic rings. The van der Waals surface area contributed by atoms with Crippen LogP contribution in [0.15, 0.2) is 47.8 Å². The molecule has 174 valence electrons. The topological polar surface area (TPSA) is 129 Å². The van der Waals surface area contributed by atoms with E-state index in [4.69, 9.17) is 14.2 Å². The van der Waals surface area contributed by atoms with Crippen molar-refractivity contribution in [2.75, 3.05) is 45.4 Å². The Morgan fingerprint density at radius 1 is 1.06 bits per heavy atom. The zero-order valence-electron chi connectivity index (χ0n) is 18.4. The minimum Gasteiger partial charge on any atom is -0.465 e. The largest absolute Gasteiger partial charge is 0.465 e. The Labute approximate surface area is 189 Å². The van der Waals surface area contributed by atoms with Crippen LogP contribution in [0.25, 0.3) is 0 Å². The fourth-order valence-electron chi connectivity index (χ4n) is 3.55. The molecule has 0 atom stereocenters. The second-order valence-corrected chi connectivity index (χ2v) is 7.12. The van der Waals surface area contributed by atoms with E-state index in [-0.39, 0.29) is 33.8 Å². The summed E-state index contributed by atoms with van der Waals surface area (Å²) in [5.41, 5.74) is -0.195. The van der Waals surface area contributed by atoms with Gasteiger partial charge in [-0.2, -0.15) is 0 Å². The molecule has 0 aromatic heterocycles. The van der Waals surface area contributed by atoms with E-state index < -0.39 is 22.8 Å². The standard InChI is InChI=1S/C22H23N3O8/c1-14-17(24-7-5-4-6-16(21(27)31-2)19(24)22(28)32-3)12-15(13-18(14)25(29)30)20(26)23-8-10-33-11-9-23/h4-7,12-13H,8-11H2,1-3H3. The molecule has 0 N–H and O–H groups in total. The summed E-state index contributed by atoms with van der Waals surface area (Å²) in [6, 6.07) is 2.66. The first-order valence-electron chi connectivity index (χ1n) is 10.0. The van der Waals surface area contributed by atoms with Gasteiger partial charge in [0.25, 0.3) is 11.6 Å². The molecule has 0 radical (unpaired) electrons. The van der Waals surface area contributed by atoms with Crippen LogP contribution in [-0.4, -0.2) is 68.2 Å². The molecule has 1 aromatic rings. The molecule has 0 bridgehead atoms. The summed E-state index contributed by atoms with van der Waals surface area (Å²) in [6.45, 7) is 2.93. The van der Waals surface area contributed by atoms with Crippen LogP contribution < -0.4 is 4.90 Å². The molecule has 0 aliphatic carbocycles. The van der Waals surface area contributed by atoms with Crippen molar-refractivity contribution in [3.8, 4) is 0 Å². The summed E-state index contributed by atoms with van der Waals surface area (Å²) in [6.07, 6.45) is 5.89. The Morgan fingerprint density at radius 3 is 2.33 bits per heavy atom. The zero-order valence-corrected chi connectivity index (χ0v) is 18.4. The van der Waals surface area contributed by atoms with Gasteiger partial charge in [-0.05, 0) is 25.1 Å². The van der Waals surface area contributed by atoms with E-state index in [1.54, 1.807) is 11.0 Å². The number of carbonyl (C=O) groups is 3. The second-order valence-electron chi connectivity index (χ2n) is 7.12. The quantitative estimate of drug-likeness (QED) is 0.370. The summed E-state index contributed by atoms with van der Waals surface area (Å²) in [4.78, 5) is 52.2. The fraction of sp³-hybridized carbons (Fsp3) is 0.318. The molecule has 1 fully saturated rings. The van der Waals surface area contributed by atoms with Crippen molar-refractivity contribution in [1.82, 2.24) is 4.90 Å². The average molecular weight is 457 g/mol. The van der Waals surface area contributed by atoms with Crippen LogP contribution in [0.2, 0.25) is 0 Å². The number of hydrogen-bond acceptors (Lipinski definition) is 9. The number of allylic oxidation sites excluding steroid dienone is 2. The lowest BCUT2D eigenvalue weighted by Crippen LogP contribution is -2.40. The molecule has 2 aliphatic heterocycles. The number of benzene rings is 1. The number of esters is 2. The number of amides is 1. The van der Waals surface area contributed by atoms with Gasteiger partial charge in [0, 0.05) is 30.9 Å². The van der Waals surface area contributed by atoms with Crippen LogP contribution >= 0.6 is 0 Å². The van der Waals surface area contributed by atoms with Crippen molar-refractivity contribution >= 4 is 29.2 Å². The van der Waals surface area contributed by atoms with E-state index in [1.807, 2.05) is 0 Å². The minimum atomic E-state index is -0.862. The molecule has 1 aromatic carbocycles. The van der Waals surface area contributed by atoms with E-state index in [2.05, 4.69) is 0 Å². The van der Waals surface area contributed by atoms with Gasteiger partial charge in [0.15, 0.2) is 0 Å². The minimum absolute atomic E-state index is 0.0682. The van der Waals surface area contributed by atoms with Crippen LogP contribution in [0.1, 0.15) is 15.9 Å². The van der Waals surface area contributed by atoms with Gasteiger partial charge in [-0.3, -0.25) is 14.9 Å². The highest BCUT2D eigenvalue weighted by Crippen LogP contribution is 2.35. The van der Waals surface area contributed by atoms with E-state index in [0.29, 0.717) is 26.3 Å². The maximum absolute atomic E-state index is 13.1. The highest BCUT2D eigenvalue weighted by molar-refractivity contribution is 6.06.